The van der Waals surface area contributed by atoms with Gasteiger partial charge >= 0.3 is 0 Å². The van der Waals surface area contributed by atoms with Crippen LogP contribution in [0.4, 0.5) is 5.69 Å². The van der Waals surface area contributed by atoms with E-state index in [1.165, 1.54) is 11.3 Å². The second-order valence-corrected chi connectivity index (χ2v) is 9.01. The van der Waals surface area contributed by atoms with Crippen molar-refractivity contribution in [2.45, 2.75) is 32.2 Å². The molecule has 3 heterocycles. The van der Waals surface area contributed by atoms with Gasteiger partial charge in [0.2, 0.25) is 11.8 Å². The van der Waals surface area contributed by atoms with Gasteiger partial charge in [-0.3, -0.25) is 19.5 Å². The topological polar surface area (TPSA) is 68.8 Å². The second-order valence-electron chi connectivity index (χ2n) is 9.01. The number of rotatable bonds is 4. The minimum absolute atomic E-state index is 0.0329. The zero-order chi connectivity index (χ0) is 22.9. The van der Waals surface area contributed by atoms with Crippen molar-refractivity contribution in [2.24, 2.45) is 5.92 Å². The number of hydrogen-bond donors (Lipinski definition) is 1. The van der Waals surface area contributed by atoms with Crippen molar-refractivity contribution in [1.29, 1.82) is 0 Å². The third-order valence-electron chi connectivity index (χ3n) is 6.71. The third kappa shape index (κ3) is 6.78. The molecule has 1 aromatic carbocycles. The number of benzene rings is 1. The van der Waals surface area contributed by atoms with Crippen molar-refractivity contribution in [3.05, 3.63) is 60.4 Å². The molecule has 2 aromatic rings. The quantitative estimate of drug-likeness (QED) is 0.777. The summed E-state index contributed by atoms with van der Waals surface area (Å²) in [4.78, 5) is 36.5. The maximum Gasteiger partial charge on any atom is 0.225 e. The summed E-state index contributed by atoms with van der Waals surface area (Å²) in [6.07, 6.45) is 6.64. The number of carbonyl (C=O) groups excluding carboxylic acids is 2. The molecule has 7 nitrogen and oxygen atoms in total. The van der Waals surface area contributed by atoms with Crippen LogP contribution >= 0.6 is 0 Å². The summed E-state index contributed by atoms with van der Waals surface area (Å²) >= 11 is 0. The molecule has 1 aromatic heterocycles. The molecule has 4 rings (SSSR count). The molecule has 176 valence electrons. The highest BCUT2D eigenvalue weighted by molar-refractivity contribution is 5.79. The number of anilines is 1. The fraction of sp³-hybridized carbons (Fsp3) is 0.500. The summed E-state index contributed by atoms with van der Waals surface area (Å²) in [5.74, 6) is 0.283. The third-order valence-corrected chi connectivity index (χ3v) is 6.71. The highest BCUT2D eigenvalue weighted by Crippen LogP contribution is 2.20. The van der Waals surface area contributed by atoms with E-state index in [0.717, 1.165) is 58.7 Å². The fourth-order valence-corrected chi connectivity index (χ4v) is 4.78. The van der Waals surface area contributed by atoms with Crippen LogP contribution in [0.1, 0.15) is 31.2 Å². The Balaban J connectivity index is 1.33. The Kier molecular flexibility index (Phi) is 8.30. The molecular weight excluding hydrogens is 414 g/mol. The number of carbonyl (C=O) groups is 2. The highest BCUT2D eigenvalue weighted by Gasteiger charge is 2.28. The lowest BCUT2D eigenvalue weighted by Gasteiger charge is -2.37. The standard InChI is InChI=1S/C26H35N5O2/c32-25-11-16-29(21-22-8-12-27-13-9-22)15-4-5-23(10-14-28-25)26(33)31-19-17-30(18-20-31)24-6-2-1-3-7-24/h1-3,6-9,12-13,23H,4-5,10-11,14-21H2,(H,28,32). The SMILES string of the molecule is O=C1CCN(Cc2ccncc2)CCCC(C(=O)N2CCN(c3ccccc3)CC2)CCN1. The number of para-hydroxylation sites is 1. The van der Waals surface area contributed by atoms with Crippen LogP contribution < -0.4 is 10.2 Å². The average molecular weight is 450 g/mol. The first-order valence-corrected chi connectivity index (χ1v) is 12.2. The number of aromatic nitrogens is 1. The van der Waals surface area contributed by atoms with Crippen LogP contribution in [0.25, 0.3) is 0 Å². The average Bonchev–Trinajstić information content (AvgIpc) is 2.90. The molecule has 0 saturated carbocycles. The molecule has 0 radical (unpaired) electrons. The van der Waals surface area contributed by atoms with Gasteiger partial charge in [-0.1, -0.05) is 18.2 Å². The molecule has 2 amide bonds. The molecule has 1 atom stereocenters. The number of hydrogen-bond acceptors (Lipinski definition) is 5. The van der Waals surface area contributed by atoms with Crippen LogP contribution in [0.5, 0.6) is 0 Å². The molecule has 2 saturated heterocycles. The van der Waals surface area contributed by atoms with Crippen molar-refractivity contribution in [2.75, 3.05) is 50.7 Å². The van der Waals surface area contributed by atoms with Crippen LogP contribution in [0.3, 0.4) is 0 Å². The van der Waals surface area contributed by atoms with Gasteiger partial charge in [0, 0.05) is 76.2 Å². The minimum atomic E-state index is -0.0329. The first kappa shape index (κ1) is 23.2. The van der Waals surface area contributed by atoms with E-state index in [-0.39, 0.29) is 17.7 Å². The Morgan fingerprint density at radius 2 is 1.70 bits per heavy atom. The Morgan fingerprint density at radius 3 is 2.45 bits per heavy atom. The maximum atomic E-state index is 13.4. The van der Waals surface area contributed by atoms with Crippen LogP contribution in [0.15, 0.2) is 54.9 Å². The van der Waals surface area contributed by atoms with Crippen LogP contribution in [-0.2, 0) is 16.1 Å². The molecule has 1 N–H and O–H groups in total. The molecule has 0 spiro atoms. The van der Waals surface area contributed by atoms with Crippen LogP contribution in [-0.4, -0.2) is 72.4 Å². The largest absolute Gasteiger partial charge is 0.368 e. The van der Waals surface area contributed by atoms with Crippen LogP contribution in [0.2, 0.25) is 0 Å². The Labute approximate surface area is 196 Å². The summed E-state index contributed by atoms with van der Waals surface area (Å²) < 4.78 is 0. The number of pyridine rings is 1. The number of piperazine rings is 1. The summed E-state index contributed by atoms with van der Waals surface area (Å²) in [5, 5.41) is 3.03. The highest BCUT2D eigenvalue weighted by atomic mass is 16.2. The van der Waals surface area contributed by atoms with E-state index in [0.29, 0.717) is 19.4 Å². The van der Waals surface area contributed by atoms with E-state index in [1.54, 1.807) is 12.4 Å². The zero-order valence-electron chi connectivity index (χ0n) is 19.4. The summed E-state index contributed by atoms with van der Waals surface area (Å²) in [5.41, 5.74) is 2.42. The van der Waals surface area contributed by atoms with Gasteiger partial charge in [0.15, 0.2) is 0 Å². The Hall–Kier alpha value is -2.93. The van der Waals surface area contributed by atoms with E-state index in [1.807, 2.05) is 23.1 Å². The number of nitrogens with one attached hydrogen (secondary N) is 1. The molecule has 7 heteroatoms. The van der Waals surface area contributed by atoms with Gasteiger partial charge in [-0.15, -0.1) is 0 Å². The van der Waals surface area contributed by atoms with Gasteiger partial charge in [-0.2, -0.15) is 0 Å². The summed E-state index contributed by atoms with van der Waals surface area (Å²) in [6, 6.07) is 14.4. The van der Waals surface area contributed by atoms with Crippen molar-refractivity contribution >= 4 is 17.5 Å². The minimum Gasteiger partial charge on any atom is -0.368 e. The first-order valence-electron chi connectivity index (χ1n) is 12.2. The zero-order valence-corrected chi connectivity index (χ0v) is 19.4. The molecular formula is C26H35N5O2. The van der Waals surface area contributed by atoms with E-state index in [9.17, 15) is 9.59 Å². The van der Waals surface area contributed by atoms with Crippen LogP contribution in [0, 0.1) is 5.92 Å². The summed E-state index contributed by atoms with van der Waals surface area (Å²) in [7, 11) is 0. The molecule has 2 aliphatic heterocycles. The Bertz CT molecular complexity index is 884. The van der Waals surface area contributed by atoms with Crippen molar-refractivity contribution in [1.82, 2.24) is 20.1 Å². The van der Waals surface area contributed by atoms with Gasteiger partial charge in [-0.05, 0) is 55.6 Å². The van der Waals surface area contributed by atoms with Gasteiger partial charge in [0.25, 0.3) is 0 Å². The van der Waals surface area contributed by atoms with Gasteiger partial charge in [-0.25, -0.2) is 0 Å². The lowest BCUT2D eigenvalue weighted by molar-refractivity contribution is -0.136. The van der Waals surface area contributed by atoms with Gasteiger partial charge < -0.3 is 15.1 Å². The van der Waals surface area contributed by atoms with Gasteiger partial charge in [0.05, 0.1) is 0 Å². The van der Waals surface area contributed by atoms with Crippen molar-refractivity contribution < 1.29 is 9.59 Å². The predicted molar refractivity (Wildman–Crippen MR) is 130 cm³/mol. The molecule has 2 aliphatic rings. The molecule has 1 unspecified atom stereocenters. The van der Waals surface area contributed by atoms with Gasteiger partial charge in [0.1, 0.15) is 0 Å². The van der Waals surface area contributed by atoms with Crippen molar-refractivity contribution in [3.8, 4) is 0 Å². The maximum absolute atomic E-state index is 13.4. The molecule has 33 heavy (non-hydrogen) atoms. The summed E-state index contributed by atoms with van der Waals surface area (Å²) in [6.45, 7) is 6.22. The van der Waals surface area contributed by atoms with E-state index < -0.39 is 0 Å². The molecule has 0 aliphatic carbocycles. The van der Waals surface area contributed by atoms with Crippen molar-refractivity contribution in [3.63, 3.8) is 0 Å². The Morgan fingerprint density at radius 1 is 0.939 bits per heavy atom. The normalized spacial score (nSPS) is 21.2. The number of nitrogens with zero attached hydrogens (tertiary/aromatic N) is 4. The predicted octanol–water partition coefficient (Wildman–Crippen LogP) is 2.54. The fourth-order valence-electron chi connectivity index (χ4n) is 4.78. The molecule has 0 bridgehead atoms. The number of amides is 2. The smallest absolute Gasteiger partial charge is 0.225 e. The lowest BCUT2D eigenvalue weighted by atomic mass is 9.97. The monoisotopic (exact) mass is 449 g/mol. The van der Waals surface area contributed by atoms with E-state index in [4.69, 9.17) is 0 Å². The second kappa shape index (κ2) is 11.8. The van der Waals surface area contributed by atoms with E-state index in [2.05, 4.69) is 44.4 Å². The molecule has 2 fully saturated rings. The van der Waals surface area contributed by atoms with E-state index >= 15 is 0 Å². The lowest BCUT2D eigenvalue weighted by Crippen LogP contribution is -2.50. The first-order chi connectivity index (χ1) is 16.2.